The van der Waals surface area contributed by atoms with E-state index in [-0.39, 0.29) is 5.91 Å². The molecule has 0 saturated carbocycles. The molecule has 0 bridgehead atoms. The van der Waals surface area contributed by atoms with Crippen LogP contribution in [0.5, 0.6) is 0 Å². The number of hydrogen-bond donors (Lipinski definition) is 1. The van der Waals surface area contributed by atoms with E-state index in [1.54, 1.807) is 31.3 Å². The van der Waals surface area contributed by atoms with Gasteiger partial charge in [0.15, 0.2) is 0 Å². The third-order valence-corrected chi connectivity index (χ3v) is 4.36. The molecule has 138 valence electrons. The Balaban J connectivity index is 1.90. The Bertz CT molecular complexity index is 1070. The normalized spacial score (nSPS) is 11.5. The van der Waals surface area contributed by atoms with Gasteiger partial charge in [0, 0.05) is 30.2 Å². The summed E-state index contributed by atoms with van der Waals surface area (Å²) in [5, 5.41) is 3.21. The monoisotopic (exact) mass is 382 g/mol. The summed E-state index contributed by atoms with van der Waals surface area (Å²) < 4.78 is 7.12. The number of nitrogens with one attached hydrogen (secondary N) is 1. The summed E-state index contributed by atoms with van der Waals surface area (Å²) >= 11 is 6.33. The molecule has 0 radical (unpaired) electrons. The quantitative estimate of drug-likeness (QED) is 0.413. The number of aliphatic imine (C=N–C) groups is 1. The van der Waals surface area contributed by atoms with Crippen LogP contribution in [-0.2, 0) is 4.74 Å². The van der Waals surface area contributed by atoms with E-state index < -0.39 is 0 Å². The first kappa shape index (κ1) is 18.7. The lowest BCUT2D eigenvalue weighted by molar-refractivity contribution is 0.102. The van der Waals surface area contributed by atoms with Crippen molar-refractivity contribution in [2.45, 2.75) is 13.8 Å². The van der Waals surface area contributed by atoms with Gasteiger partial charge < -0.3 is 14.5 Å². The number of anilines is 1. The van der Waals surface area contributed by atoms with Crippen molar-refractivity contribution in [3.05, 3.63) is 76.9 Å². The van der Waals surface area contributed by atoms with Gasteiger partial charge in [-0.05, 0) is 44.2 Å². The minimum Gasteiger partial charge on any atom is -0.447 e. The van der Waals surface area contributed by atoms with E-state index in [9.17, 15) is 4.79 Å². The number of carbonyl (C=O) groups is 1. The standard InChI is InChI=1S/C20H19ClN4O2/c1-5-27-20(22-4)14-6-7-17(16(21)11-14)24-19(26)15-8-9-25-13(3)10-12(2)23-18(15)25/h5-11H,1H2,2-4H3,(H,24,26). The summed E-state index contributed by atoms with van der Waals surface area (Å²) in [6.07, 6.45) is 3.12. The second kappa shape index (κ2) is 7.63. The van der Waals surface area contributed by atoms with Crippen molar-refractivity contribution in [3.8, 4) is 0 Å². The number of hydrogen-bond acceptors (Lipinski definition) is 4. The lowest BCUT2D eigenvalue weighted by Gasteiger charge is -2.10. The Hall–Kier alpha value is -3.12. The maximum Gasteiger partial charge on any atom is 0.259 e. The van der Waals surface area contributed by atoms with Gasteiger partial charge in [-0.15, -0.1) is 0 Å². The lowest BCUT2D eigenvalue weighted by atomic mass is 10.2. The molecule has 2 heterocycles. The molecule has 0 aliphatic rings. The van der Waals surface area contributed by atoms with Crippen molar-refractivity contribution in [3.63, 3.8) is 0 Å². The first-order valence-electron chi connectivity index (χ1n) is 8.25. The van der Waals surface area contributed by atoms with Crippen LogP contribution in [0.4, 0.5) is 5.69 Å². The highest BCUT2D eigenvalue weighted by atomic mass is 35.5. The molecule has 3 aromatic rings. The van der Waals surface area contributed by atoms with Crippen LogP contribution in [0.2, 0.25) is 5.02 Å². The van der Waals surface area contributed by atoms with Gasteiger partial charge >= 0.3 is 0 Å². The molecule has 1 aromatic carbocycles. The molecule has 0 spiro atoms. The van der Waals surface area contributed by atoms with Crippen molar-refractivity contribution in [2.75, 3.05) is 12.4 Å². The molecule has 0 atom stereocenters. The number of halogens is 1. The molecular weight excluding hydrogens is 364 g/mol. The van der Waals surface area contributed by atoms with E-state index in [2.05, 4.69) is 21.9 Å². The van der Waals surface area contributed by atoms with Gasteiger partial charge in [0.1, 0.15) is 5.65 Å². The van der Waals surface area contributed by atoms with Gasteiger partial charge in [-0.3, -0.25) is 9.79 Å². The van der Waals surface area contributed by atoms with Gasteiger partial charge in [-0.2, -0.15) is 0 Å². The Morgan fingerprint density at radius 2 is 2.11 bits per heavy atom. The third kappa shape index (κ3) is 3.71. The highest BCUT2D eigenvalue weighted by Gasteiger charge is 2.16. The predicted octanol–water partition coefficient (Wildman–Crippen LogP) is 4.39. The van der Waals surface area contributed by atoms with Crippen LogP contribution in [0, 0.1) is 13.8 Å². The fourth-order valence-corrected chi connectivity index (χ4v) is 3.07. The van der Waals surface area contributed by atoms with Gasteiger partial charge in [0.05, 0.1) is 22.5 Å². The minimum absolute atomic E-state index is 0.281. The molecule has 7 heteroatoms. The maximum absolute atomic E-state index is 12.8. The SMILES string of the molecule is C=COC(=NC)c1ccc(NC(=O)c2ccn3c(C)cc(C)nc23)c(Cl)c1. The molecule has 0 unspecified atom stereocenters. The summed E-state index contributed by atoms with van der Waals surface area (Å²) in [5.74, 6) is 0.106. The van der Waals surface area contributed by atoms with Crippen LogP contribution in [0.3, 0.4) is 0 Å². The van der Waals surface area contributed by atoms with Crippen molar-refractivity contribution in [2.24, 2.45) is 4.99 Å². The molecule has 2 aromatic heterocycles. The van der Waals surface area contributed by atoms with Crippen molar-refractivity contribution in [1.82, 2.24) is 9.38 Å². The summed E-state index contributed by atoms with van der Waals surface area (Å²) in [4.78, 5) is 21.3. The number of benzene rings is 1. The van der Waals surface area contributed by atoms with Crippen LogP contribution < -0.4 is 5.32 Å². The third-order valence-electron chi connectivity index (χ3n) is 4.05. The van der Waals surface area contributed by atoms with Crippen LogP contribution >= 0.6 is 11.6 Å². The van der Waals surface area contributed by atoms with E-state index >= 15 is 0 Å². The Labute approximate surface area is 162 Å². The number of nitrogens with zero attached hydrogens (tertiary/aromatic N) is 3. The van der Waals surface area contributed by atoms with Crippen LogP contribution in [0.1, 0.15) is 27.3 Å². The molecule has 3 rings (SSSR count). The number of ether oxygens (including phenoxy) is 1. The second-order valence-electron chi connectivity index (χ2n) is 5.92. The first-order chi connectivity index (χ1) is 12.9. The van der Waals surface area contributed by atoms with E-state index in [4.69, 9.17) is 16.3 Å². The zero-order valence-electron chi connectivity index (χ0n) is 15.3. The number of fused-ring (bicyclic) bond motifs is 1. The highest BCUT2D eigenvalue weighted by molar-refractivity contribution is 6.34. The van der Waals surface area contributed by atoms with E-state index in [0.717, 1.165) is 11.4 Å². The Morgan fingerprint density at radius 3 is 2.78 bits per heavy atom. The van der Waals surface area contributed by atoms with Gasteiger partial charge in [0.25, 0.3) is 5.91 Å². The molecular formula is C20H19ClN4O2. The molecule has 0 aliphatic carbocycles. The van der Waals surface area contributed by atoms with E-state index in [1.165, 1.54) is 6.26 Å². The molecule has 0 aliphatic heterocycles. The topological polar surface area (TPSA) is 68.0 Å². The van der Waals surface area contributed by atoms with Gasteiger partial charge in [-0.25, -0.2) is 4.98 Å². The number of amides is 1. The number of rotatable bonds is 4. The molecule has 27 heavy (non-hydrogen) atoms. The van der Waals surface area contributed by atoms with E-state index in [1.807, 2.05) is 30.5 Å². The lowest BCUT2D eigenvalue weighted by Crippen LogP contribution is -2.13. The number of carbonyl (C=O) groups excluding carboxylic acids is 1. The molecule has 6 nitrogen and oxygen atoms in total. The Kier molecular flexibility index (Phi) is 5.28. The van der Waals surface area contributed by atoms with E-state index in [0.29, 0.717) is 33.4 Å². The van der Waals surface area contributed by atoms with Crippen molar-refractivity contribution in [1.29, 1.82) is 0 Å². The van der Waals surface area contributed by atoms with Crippen molar-refractivity contribution < 1.29 is 9.53 Å². The Morgan fingerprint density at radius 1 is 1.33 bits per heavy atom. The summed E-state index contributed by atoms with van der Waals surface area (Å²) in [5.41, 5.74) is 4.12. The second-order valence-corrected chi connectivity index (χ2v) is 6.33. The summed E-state index contributed by atoms with van der Waals surface area (Å²) in [6, 6.07) is 8.84. The molecule has 1 amide bonds. The zero-order valence-corrected chi connectivity index (χ0v) is 16.0. The fourth-order valence-electron chi connectivity index (χ4n) is 2.84. The van der Waals surface area contributed by atoms with Crippen LogP contribution in [0.15, 0.2) is 54.4 Å². The minimum atomic E-state index is -0.281. The average molecular weight is 383 g/mol. The largest absolute Gasteiger partial charge is 0.447 e. The molecule has 1 N–H and O–H groups in total. The van der Waals surface area contributed by atoms with Gasteiger partial charge in [0.2, 0.25) is 5.90 Å². The average Bonchev–Trinajstić information content (AvgIpc) is 3.05. The summed E-state index contributed by atoms with van der Waals surface area (Å²) in [7, 11) is 1.61. The van der Waals surface area contributed by atoms with Gasteiger partial charge in [-0.1, -0.05) is 18.2 Å². The van der Waals surface area contributed by atoms with Crippen molar-refractivity contribution >= 4 is 34.7 Å². The first-order valence-corrected chi connectivity index (χ1v) is 8.63. The number of aryl methyl sites for hydroxylation is 2. The summed E-state index contributed by atoms with van der Waals surface area (Å²) in [6.45, 7) is 7.39. The van der Waals surface area contributed by atoms with Crippen LogP contribution in [-0.4, -0.2) is 28.2 Å². The number of aromatic nitrogens is 2. The zero-order chi connectivity index (χ0) is 19.6. The molecule has 0 fully saturated rings. The van der Waals surface area contributed by atoms with Crippen LogP contribution in [0.25, 0.3) is 5.65 Å². The predicted molar refractivity (Wildman–Crippen MR) is 108 cm³/mol. The smallest absolute Gasteiger partial charge is 0.259 e. The maximum atomic E-state index is 12.8. The molecule has 0 saturated heterocycles. The fraction of sp³-hybridized carbons (Fsp3) is 0.150. The highest BCUT2D eigenvalue weighted by Crippen LogP contribution is 2.25.